The Morgan fingerprint density at radius 1 is 1.21 bits per heavy atom. The summed E-state index contributed by atoms with van der Waals surface area (Å²) in [5.41, 5.74) is -2.20. The van der Waals surface area contributed by atoms with Gasteiger partial charge in [0, 0.05) is 6.07 Å². The van der Waals surface area contributed by atoms with Crippen LogP contribution in [-0.2, 0) is 10.0 Å². The number of rotatable bonds is 5. The van der Waals surface area contributed by atoms with E-state index >= 15 is 0 Å². The zero-order valence-corrected chi connectivity index (χ0v) is 12.7. The predicted molar refractivity (Wildman–Crippen MR) is 73.7 cm³/mol. The van der Waals surface area contributed by atoms with Gasteiger partial charge in [0.2, 0.25) is 10.0 Å². The average molecular weight is 287 g/mol. The van der Waals surface area contributed by atoms with Crippen molar-refractivity contribution in [3.8, 4) is 5.75 Å². The molecule has 0 aromatic heterocycles. The van der Waals surface area contributed by atoms with Gasteiger partial charge in [-0.1, -0.05) is 6.07 Å². The quantitative estimate of drug-likeness (QED) is 0.861. The minimum atomic E-state index is -3.72. The summed E-state index contributed by atoms with van der Waals surface area (Å²) >= 11 is 0. The molecule has 108 valence electrons. The number of hydrogen-bond donors (Lipinski definition) is 2. The molecule has 0 aliphatic heterocycles. The van der Waals surface area contributed by atoms with Crippen LogP contribution in [0.1, 0.15) is 27.7 Å². The third kappa shape index (κ3) is 3.68. The first kappa shape index (κ1) is 15.9. The zero-order valence-electron chi connectivity index (χ0n) is 11.9. The summed E-state index contributed by atoms with van der Waals surface area (Å²) in [5, 5.41) is 10.0. The van der Waals surface area contributed by atoms with Gasteiger partial charge in [0.1, 0.15) is 5.75 Å². The second-order valence-electron chi connectivity index (χ2n) is 5.47. The van der Waals surface area contributed by atoms with Crippen LogP contribution in [0.25, 0.3) is 0 Å². The third-order valence-electron chi connectivity index (χ3n) is 3.27. The molecule has 5 nitrogen and oxygen atoms in total. The number of hydrogen-bond acceptors (Lipinski definition) is 4. The Labute approximate surface area is 114 Å². The summed E-state index contributed by atoms with van der Waals surface area (Å²) in [6, 6.07) is 6.18. The first-order valence-electron chi connectivity index (χ1n) is 5.90. The maximum Gasteiger partial charge on any atom is 0.241 e. The van der Waals surface area contributed by atoms with E-state index in [1.165, 1.54) is 19.2 Å². The number of nitrogens with one attached hydrogen (secondary N) is 1. The third-order valence-corrected chi connectivity index (χ3v) is 4.92. The van der Waals surface area contributed by atoms with Gasteiger partial charge in [-0.2, -0.15) is 0 Å². The molecule has 19 heavy (non-hydrogen) atoms. The van der Waals surface area contributed by atoms with Crippen LogP contribution < -0.4 is 9.46 Å². The number of aliphatic hydroxyl groups is 1. The van der Waals surface area contributed by atoms with Crippen LogP contribution in [-0.4, -0.2) is 31.8 Å². The van der Waals surface area contributed by atoms with E-state index in [9.17, 15) is 13.5 Å². The summed E-state index contributed by atoms with van der Waals surface area (Å²) in [6.45, 7) is 6.37. The van der Waals surface area contributed by atoms with Crippen LogP contribution in [0.4, 0.5) is 0 Å². The molecule has 1 aromatic rings. The Morgan fingerprint density at radius 2 is 1.79 bits per heavy atom. The largest absolute Gasteiger partial charge is 0.497 e. The number of sulfonamides is 1. The highest BCUT2D eigenvalue weighted by atomic mass is 32.2. The molecule has 1 aromatic carbocycles. The van der Waals surface area contributed by atoms with Crippen molar-refractivity contribution in [2.45, 2.75) is 43.7 Å². The van der Waals surface area contributed by atoms with Crippen molar-refractivity contribution < 1.29 is 18.3 Å². The summed E-state index contributed by atoms with van der Waals surface area (Å²) in [6.07, 6.45) is 0. The topological polar surface area (TPSA) is 75.6 Å². The van der Waals surface area contributed by atoms with E-state index in [1.54, 1.807) is 39.8 Å². The monoisotopic (exact) mass is 287 g/mol. The van der Waals surface area contributed by atoms with Crippen LogP contribution in [0.3, 0.4) is 0 Å². The molecule has 2 N–H and O–H groups in total. The number of benzene rings is 1. The molecule has 0 unspecified atom stereocenters. The molecule has 0 bridgehead atoms. The molecular weight excluding hydrogens is 266 g/mol. The minimum Gasteiger partial charge on any atom is -0.497 e. The molecule has 0 aliphatic carbocycles. The molecule has 6 heteroatoms. The molecule has 0 aliphatic rings. The van der Waals surface area contributed by atoms with E-state index < -0.39 is 21.2 Å². The molecular formula is C13H21NO4S. The normalized spacial score (nSPS) is 13.4. The Hall–Kier alpha value is -1.11. The summed E-state index contributed by atoms with van der Waals surface area (Å²) in [4.78, 5) is 0.101. The highest BCUT2D eigenvalue weighted by molar-refractivity contribution is 7.89. The fourth-order valence-corrected chi connectivity index (χ4v) is 2.86. The molecule has 0 amide bonds. The highest BCUT2D eigenvalue weighted by Gasteiger charge is 2.38. The van der Waals surface area contributed by atoms with Crippen molar-refractivity contribution in [1.82, 2.24) is 4.72 Å². The lowest BCUT2D eigenvalue weighted by Crippen LogP contribution is -2.57. The zero-order chi connectivity index (χ0) is 14.9. The average Bonchev–Trinajstić information content (AvgIpc) is 2.26. The van der Waals surface area contributed by atoms with Gasteiger partial charge in [0.15, 0.2) is 0 Å². The lowest BCUT2D eigenvalue weighted by Gasteiger charge is -2.37. The van der Waals surface area contributed by atoms with Crippen LogP contribution in [0, 0.1) is 0 Å². The van der Waals surface area contributed by atoms with Gasteiger partial charge in [-0.3, -0.25) is 0 Å². The molecule has 1 rings (SSSR count). The molecule has 0 saturated heterocycles. The standard InChI is InChI=1S/C13H21NO4S/c1-12(2,13(3,4)15)14-19(16,17)11-8-6-7-10(9-11)18-5/h6-9,14-15H,1-5H3. The van der Waals surface area contributed by atoms with Crippen LogP contribution in [0.5, 0.6) is 5.75 Å². The Bertz CT molecular complexity index is 544. The SMILES string of the molecule is COc1cccc(S(=O)(=O)NC(C)(C)C(C)(C)O)c1. The van der Waals surface area contributed by atoms with Crippen molar-refractivity contribution in [3.05, 3.63) is 24.3 Å². The van der Waals surface area contributed by atoms with Gasteiger partial charge in [-0.15, -0.1) is 0 Å². The summed E-state index contributed by atoms with van der Waals surface area (Å²) in [7, 11) is -2.25. The highest BCUT2D eigenvalue weighted by Crippen LogP contribution is 2.24. The van der Waals surface area contributed by atoms with Gasteiger partial charge in [0.25, 0.3) is 0 Å². The predicted octanol–water partition coefficient (Wildman–Crippen LogP) is 1.52. The van der Waals surface area contributed by atoms with Crippen molar-refractivity contribution in [3.63, 3.8) is 0 Å². The van der Waals surface area contributed by atoms with Gasteiger partial charge in [0.05, 0.1) is 23.1 Å². The lowest BCUT2D eigenvalue weighted by atomic mass is 9.87. The Kier molecular flexibility index (Phi) is 4.29. The second kappa shape index (κ2) is 5.11. The molecule has 0 heterocycles. The van der Waals surface area contributed by atoms with E-state index in [0.29, 0.717) is 5.75 Å². The lowest BCUT2D eigenvalue weighted by molar-refractivity contribution is 0.00639. The van der Waals surface area contributed by atoms with Gasteiger partial charge in [-0.05, 0) is 39.8 Å². The maximum atomic E-state index is 12.3. The summed E-state index contributed by atoms with van der Waals surface area (Å²) in [5.74, 6) is 0.462. The fraction of sp³-hybridized carbons (Fsp3) is 0.538. The van der Waals surface area contributed by atoms with Gasteiger partial charge in [-0.25, -0.2) is 13.1 Å². The Balaban J connectivity index is 3.12. The van der Waals surface area contributed by atoms with E-state index in [4.69, 9.17) is 4.74 Å². The maximum absolute atomic E-state index is 12.3. The molecule has 0 radical (unpaired) electrons. The van der Waals surface area contributed by atoms with Gasteiger partial charge >= 0.3 is 0 Å². The van der Waals surface area contributed by atoms with E-state index in [-0.39, 0.29) is 4.90 Å². The molecule has 0 spiro atoms. The van der Waals surface area contributed by atoms with E-state index in [0.717, 1.165) is 0 Å². The molecule has 0 saturated carbocycles. The fourth-order valence-electron chi connectivity index (χ4n) is 1.29. The first-order chi connectivity index (χ1) is 8.49. The van der Waals surface area contributed by atoms with Crippen LogP contribution in [0.15, 0.2) is 29.2 Å². The van der Waals surface area contributed by atoms with Crippen LogP contribution in [0.2, 0.25) is 0 Å². The van der Waals surface area contributed by atoms with E-state index in [1.807, 2.05) is 0 Å². The summed E-state index contributed by atoms with van der Waals surface area (Å²) < 4.78 is 32.1. The van der Waals surface area contributed by atoms with Gasteiger partial charge < -0.3 is 9.84 Å². The number of methoxy groups -OCH3 is 1. The van der Waals surface area contributed by atoms with Crippen LogP contribution >= 0.6 is 0 Å². The molecule has 0 fully saturated rings. The van der Waals surface area contributed by atoms with E-state index in [2.05, 4.69) is 4.72 Å². The molecule has 0 atom stereocenters. The second-order valence-corrected chi connectivity index (χ2v) is 7.15. The smallest absolute Gasteiger partial charge is 0.241 e. The number of ether oxygens (including phenoxy) is 1. The van der Waals surface area contributed by atoms with Crippen molar-refractivity contribution in [2.75, 3.05) is 7.11 Å². The Morgan fingerprint density at radius 3 is 2.26 bits per heavy atom. The van der Waals surface area contributed by atoms with Crippen molar-refractivity contribution in [1.29, 1.82) is 0 Å². The van der Waals surface area contributed by atoms with Crippen molar-refractivity contribution in [2.24, 2.45) is 0 Å². The minimum absolute atomic E-state index is 0.101. The first-order valence-corrected chi connectivity index (χ1v) is 7.38. The van der Waals surface area contributed by atoms with Crippen molar-refractivity contribution >= 4 is 10.0 Å².